The monoisotopic (exact) mass is 229 g/mol. The number of aliphatic hydroxyl groups is 2. The Labute approximate surface area is 97.0 Å². The minimum absolute atomic E-state index is 0.131. The lowest BCUT2D eigenvalue weighted by molar-refractivity contribution is -0.0111. The van der Waals surface area contributed by atoms with Crippen LogP contribution in [0, 0.1) is 0 Å². The summed E-state index contributed by atoms with van der Waals surface area (Å²) in [5, 5.41) is 23.1. The van der Waals surface area contributed by atoms with E-state index in [1.54, 1.807) is 0 Å². The summed E-state index contributed by atoms with van der Waals surface area (Å²) >= 11 is 0. The SMILES string of the molecule is OCC1(NCC2(O)CCCC2)CCOCC1. The minimum Gasteiger partial charge on any atom is -0.394 e. The van der Waals surface area contributed by atoms with Gasteiger partial charge in [-0.2, -0.15) is 0 Å². The van der Waals surface area contributed by atoms with Gasteiger partial charge in [0.05, 0.1) is 12.2 Å². The van der Waals surface area contributed by atoms with Crippen LogP contribution in [0.5, 0.6) is 0 Å². The Kier molecular flexibility index (Phi) is 3.85. The molecule has 0 spiro atoms. The predicted octanol–water partition coefficient (Wildman–Crippen LogP) is 0.423. The second-order valence-corrected chi connectivity index (χ2v) is 5.34. The molecule has 0 atom stereocenters. The first-order chi connectivity index (χ1) is 7.68. The number of hydrogen-bond donors (Lipinski definition) is 3. The van der Waals surface area contributed by atoms with Crippen LogP contribution in [0.3, 0.4) is 0 Å². The highest BCUT2D eigenvalue weighted by atomic mass is 16.5. The van der Waals surface area contributed by atoms with Crippen molar-refractivity contribution in [3.63, 3.8) is 0 Å². The summed E-state index contributed by atoms with van der Waals surface area (Å²) in [5.74, 6) is 0. The van der Waals surface area contributed by atoms with Crippen LogP contribution in [-0.4, -0.2) is 47.7 Å². The Morgan fingerprint density at radius 1 is 1.06 bits per heavy atom. The molecular weight excluding hydrogens is 206 g/mol. The molecule has 1 saturated heterocycles. The molecule has 0 amide bonds. The molecule has 16 heavy (non-hydrogen) atoms. The van der Waals surface area contributed by atoms with Crippen LogP contribution in [0.2, 0.25) is 0 Å². The smallest absolute Gasteiger partial charge is 0.0771 e. The fourth-order valence-corrected chi connectivity index (χ4v) is 2.71. The zero-order valence-electron chi connectivity index (χ0n) is 9.87. The molecule has 1 saturated carbocycles. The molecule has 3 N–H and O–H groups in total. The third-order valence-corrected chi connectivity index (χ3v) is 4.08. The average molecular weight is 229 g/mol. The molecule has 1 heterocycles. The molecule has 0 aromatic heterocycles. The van der Waals surface area contributed by atoms with Crippen LogP contribution in [0.25, 0.3) is 0 Å². The van der Waals surface area contributed by atoms with Crippen molar-refractivity contribution in [2.24, 2.45) is 0 Å². The van der Waals surface area contributed by atoms with E-state index in [4.69, 9.17) is 4.74 Å². The van der Waals surface area contributed by atoms with Crippen molar-refractivity contribution in [3.05, 3.63) is 0 Å². The molecule has 2 rings (SSSR count). The van der Waals surface area contributed by atoms with Crippen molar-refractivity contribution in [2.45, 2.75) is 49.7 Å². The first-order valence-electron chi connectivity index (χ1n) is 6.34. The quantitative estimate of drug-likeness (QED) is 0.654. The second kappa shape index (κ2) is 5.00. The van der Waals surface area contributed by atoms with Crippen LogP contribution in [0.4, 0.5) is 0 Å². The van der Waals surface area contributed by atoms with E-state index in [2.05, 4.69) is 5.32 Å². The number of β-amino-alcohol motifs (C(OH)–C–C–N with tert-alkyl or cyclic N) is 1. The van der Waals surface area contributed by atoms with Crippen molar-refractivity contribution in [2.75, 3.05) is 26.4 Å². The third kappa shape index (κ3) is 2.74. The van der Waals surface area contributed by atoms with Gasteiger partial charge in [0.25, 0.3) is 0 Å². The van der Waals surface area contributed by atoms with E-state index >= 15 is 0 Å². The lowest BCUT2D eigenvalue weighted by Gasteiger charge is -2.39. The van der Waals surface area contributed by atoms with E-state index in [0.717, 1.165) is 38.5 Å². The molecule has 0 aromatic rings. The molecular formula is C12H23NO3. The van der Waals surface area contributed by atoms with Crippen molar-refractivity contribution in [1.82, 2.24) is 5.32 Å². The van der Waals surface area contributed by atoms with E-state index in [1.165, 1.54) is 0 Å². The van der Waals surface area contributed by atoms with Crippen LogP contribution < -0.4 is 5.32 Å². The lowest BCUT2D eigenvalue weighted by Crippen LogP contribution is -2.56. The van der Waals surface area contributed by atoms with Gasteiger partial charge in [-0.15, -0.1) is 0 Å². The van der Waals surface area contributed by atoms with Gasteiger partial charge in [0.1, 0.15) is 0 Å². The fraction of sp³-hybridized carbons (Fsp3) is 1.00. The van der Waals surface area contributed by atoms with Gasteiger partial charge in [0.15, 0.2) is 0 Å². The minimum atomic E-state index is -0.541. The Morgan fingerprint density at radius 3 is 2.25 bits per heavy atom. The molecule has 1 aliphatic carbocycles. The molecule has 0 aromatic carbocycles. The lowest BCUT2D eigenvalue weighted by atomic mass is 9.89. The summed E-state index contributed by atoms with van der Waals surface area (Å²) in [4.78, 5) is 0. The zero-order valence-corrected chi connectivity index (χ0v) is 9.87. The first-order valence-corrected chi connectivity index (χ1v) is 6.34. The van der Waals surface area contributed by atoms with Gasteiger partial charge in [-0.1, -0.05) is 12.8 Å². The summed E-state index contributed by atoms with van der Waals surface area (Å²) in [6.45, 7) is 2.14. The maximum atomic E-state index is 10.3. The largest absolute Gasteiger partial charge is 0.394 e. The van der Waals surface area contributed by atoms with Gasteiger partial charge >= 0.3 is 0 Å². The summed E-state index contributed by atoms with van der Waals surface area (Å²) in [5.41, 5.74) is -0.767. The molecule has 94 valence electrons. The number of hydrogen-bond acceptors (Lipinski definition) is 4. The highest BCUT2D eigenvalue weighted by molar-refractivity contribution is 4.94. The van der Waals surface area contributed by atoms with Crippen LogP contribution >= 0.6 is 0 Å². The second-order valence-electron chi connectivity index (χ2n) is 5.34. The fourth-order valence-electron chi connectivity index (χ4n) is 2.71. The highest BCUT2D eigenvalue weighted by Gasteiger charge is 2.36. The van der Waals surface area contributed by atoms with E-state index < -0.39 is 5.60 Å². The van der Waals surface area contributed by atoms with Gasteiger partial charge < -0.3 is 20.3 Å². The summed E-state index contributed by atoms with van der Waals surface area (Å²) in [6, 6.07) is 0. The highest BCUT2D eigenvalue weighted by Crippen LogP contribution is 2.30. The zero-order chi connectivity index (χ0) is 11.5. The Bertz CT molecular complexity index is 220. The molecule has 1 aliphatic heterocycles. The summed E-state index contributed by atoms with van der Waals surface area (Å²) in [6.07, 6.45) is 5.68. The number of rotatable bonds is 4. The molecule has 4 heteroatoms. The van der Waals surface area contributed by atoms with Crippen LogP contribution in [0.15, 0.2) is 0 Å². The maximum Gasteiger partial charge on any atom is 0.0771 e. The van der Waals surface area contributed by atoms with Gasteiger partial charge in [0, 0.05) is 25.3 Å². The Morgan fingerprint density at radius 2 is 1.69 bits per heavy atom. The number of nitrogens with one attached hydrogen (secondary N) is 1. The van der Waals surface area contributed by atoms with Gasteiger partial charge in [0.2, 0.25) is 0 Å². The van der Waals surface area contributed by atoms with Crippen molar-refractivity contribution >= 4 is 0 Å². The van der Waals surface area contributed by atoms with E-state index in [0.29, 0.717) is 19.8 Å². The number of ether oxygens (including phenoxy) is 1. The third-order valence-electron chi connectivity index (χ3n) is 4.08. The van der Waals surface area contributed by atoms with Crippen LogP contribution in [0.1, 0.15) is 38.5 Å². The molecule has 2 aliphatic rings. The standard InChI is InChI=1S/C12H23NO3/c14-10-11(5-7-16-8-6-11)13-9-12(15)3-1-2-4-12/h13-15H,1-10H2. The average Bonchev–Trinajstić information content (AvgIpc) is 2.76. The van der Waals surface area contributed by atoms with Gasteiger partial charge in [-0.3, -0.25) is 0 Å². The van der Waals surface area contributed by atoms with Gasteiger partial charge in [-0.25, -0.2) is 0 Å². The van der Waals surface area contributed by atoms with Crippen molar-refractivity contribution < 1.29 is 14.9 Å². The van der Waals surface area contributed by atoms with Gasteiger partial charge in [-0.05, 0) is 25.7 Å². The summed E-state index contributed by atoms with van der Waals surface area (Å²) < 4.78 is 5.31. The molecule has 2 fully saturated rings. The molecule has 0 radical (unpaired) electrons. The van der Waals surface area contributed by atoms with Crippen molar-refractivity contribution in [3.8, 4) is 0 Å². The van der Waals surface area contributed by atoms with E-state index in [9.17, 15) is 10.2 Å². The predicted molar refractivity (Wildman–Crippen MR) is 61.3 cm³/mol. The molecule has 0 unspecified atom stereocenters. The van der Waals surface area contributed by atoms with E-state index in [1.807, 2.05) is 0 Å². The van der Waals surface area contributed by atoms with E-state index in [-0.39, 0.29) is 12.1 Å². The Balaban J connectivity index is 1.86. The number of aliphatic hydroxyl groups excluding tert-OH is 1. The topological polar surface area (TPSA) is 61.7 Å². The molecule has 4 nitrogen and oxygen atoms in total. The first kappa shape index (κ1) is 12.3. The Hall–Kier alpha value is -0.160. The molecule has 0 bridgehead atoms. The summed E-state index contributed by atoms with van der Waals surface area (Å²) in [7, 11) is 0. The normalized spacial score (nSPS) is 28.1. The maximum absolute atomic E-state index is 10.3. The van der Waals surface area contributed by atoms with Crippen molar-refractivity contribution in [1.29, 1.82) is 0 Å². The van der Waals surface area contributed by atoms with Crippen LogP contribution in [-0.2, 0) is 4.74 Å².